The van der Waals surface area contributed by atoms with E-state index in [2.05, 4.69) is 36.8 Å². The SMILES string of the molecule is Cc1cccc(NC(=O)CSc2nnc(CNC(=O)c3ccc(S(=O)(=O)N4CCCC4)cc3)n2-c2ccc(Br)cc2)c1. The van der Waals surface area contributed by atoms with Crippen molar-refractivity contribution >= 4 is 55.2 Å². The van der Waals surface area contributed by atoms with E-state index in [9.17, 15) is 18.0 Å². The van der Waals surface area contributed by atoms with Gasteiger partial charge in [-0.05, 0) is 86.0 Å². The molecule has 42 heavy (non-hydrogen) atoms. The summed E-state index contributed by atoms with van der Waals surface area (Å²) in [5.41, 5.74) is 2.86. The lowest BCUT2D eigenvalue weighted by molar-refractivity contribution is -0.113. The van der Waals surface area contributed by atoms with E-state index >= 15 is 0 Å². The third-order valence-electron chi connectivity index (χ3n) is 6.65. The predicted molar refractivity (Wildman–Crippen MR) is 165 cm³/mol. The van der Waals surface area contributed by atoms with Crippen molar-refractivity contribution in [2.75, 3.05) is 24.2 Å². The summed E-state index contributed by atoms with van der Waals surface area (Å²) in [6.45, 7) is 3.05. The highest BCUT2D eigenvalue weighted by atomic mass is 79.9. The number of rotatable bonds is 10. The topological polar surface area (TPSA) is 126 Å². The number of aromatic nitrogens is 3. The molecule has 2 heterocycles. The lowest BCUT2D eigenvalue weighted by Crippen LogP contribution is -2.28. The van der Waals surface area contributed by atoms with Crippen molar-refractivity contribution in [2.24, 2.45) is 0 Å². The van der Waals surface area contributed by atoms with E-state index in [0.717, 1.165) is 34.3 Å². The van der Waals surface area contributed by atoms with E-state index in [-0.39, 0.29) is 29.0 Å². The first kappa shape index (κ1) is 30.0. The maximum absolute atomic E-state index is 13.0. The van der Waals surface area contributed by atoms with Gasteiger partial charge in [0.2, 0.25) is 15.9 Å². The van der Waals surface area contributed by atoms with E-state index in [1.54, 1.807) is 4.57 Å². The van der Waals surface area contributed by atoms with E-state index in [4.69, 9.17) is 0 Å². The number of nitrogens with zero attached hydrogens (tertiary/aromatic N) is 4. The van der Waals surface area contributed by atoms with Crippen molar-refractivity contribution in [3.8, 4) is 5.69 Å². The molecule has 2 N–H and O–H groups in total. The van der Waals surface area contributed by atoms with Gasteiger partial charge in [0.25, 0.3) is 5.91 Å². The van der Waals surface area contributed by atoms with Crippen molar-refractivity contribution in [2.45, 2.75) is 36.4 Å². The van der Waals surface area contributed by atoms with Crippen molar-refractivity contribution in [3.05, 3.63) is 94.2 Å². The van der Waals surface area contributed by atoms with Crippen LogP contribution in [0.5, 0.6) is 0 Å². The van der Waals surface area contributed by atoms with Crippen LogP contribution in [-0.4, -0.2) is 58.1 Å². The molecule has 1 saturated heterocycles. The van der Waals surface area contributed by atoms with E-state index < -0.39 is 10.0 Å². The van der Waals surface area contributed by atoms with Crippen LogP contribution in [0.2, 0.25) is 0 Å². The van der Waals surface area contributed by atoms with Crippen LogP contribution in [0.3, 0.4) is 0 Å². The highest BCUT2D eigenvalue weighted by Crippen LogP contribution is 2.25. The average Bonchev–Trinajstić information content (AvgIpc) is 3.67. The molecule has 0 saturated carbocycles. The van der Waals surface area contributed by atoms with Gasteiger partial charge in [-0.1, -0.05) is 39.8 Å². The number of nitrogens with one attached hydrogen (secondary N) is 2. The Balaban J connectivity index is 1.28. The van der Waals surface area contributed by atoms with Gasteiger partial charge in [0.15, 0.2) is 11.0 Å². The number of thioether (sulfide) groups is 1. The molecule has 0 bridgehead atoms. The first-order valence-electron chi connectivity index (χ1n) is 13.3. The maximum Gasteiger partial charge on any atom is 0.251 e. The van der Waals surface area contributed by atoms with Gasteiger partial charge >= 0.3 is 0 Å². The summed E-state index contributed by atoms with van der Waals surface area (Å²) in [5.74, 6) is 0.0282. The summed E-state index contributed by atoms with van der Waals surface area (Å²) < 4.78 is 29.8. The molecular weight excluding hydrogens is 640 g/mol. The van der Waals surface area contributed by atoms with Crippen molar-refractivity contribution in [1.29, 1.82) is 0 Å². The van der Waals surface area contributed by atoms with Gasteiger partial charge in [0, 0.05) is 34.5 Å². The molecule has 0 spiro atoms. The van der Waals surface area contributed by atoms with Crippen LogP contribution in [0.4, 0.5) is 5.69 Å². The number of aryl methyl sites for hydroxylation is 1. The highest BCUT2D eigenvalue weighted by molar-refractivity contribution is 9.10. The third-order valence-corrected chi connectivity index (χ3v) is 10.0. The Bertz CT molecular complexity index is 1690. The molecule has 10 nitrogen and oxygen atoms in total. The molecule has 1 aliphatic heterocycles. The third kappa shape index (κ3) is 7.09. The summed E-state index contributed by atoms with van der Waals surface area (Å²) in [6.07, 6.45) is 1.71. The fraction of sp³-hybridized carbons (Fsp3) is 0.241. The molecule has 4 aromatic rings. The molecule has 0 atom stereocenters. The Morgan fingerprint density at radius 1 is 0.976 bits per heavy atom. The Hall–Kier alpha value is -3.52. The molecule has 1 aliphatic rings. The second kappa shape index (κ2) is 13.2. The molecule has 3 aromatic carbocycles. The molecule has 218 valence electrons. The molecule has 2 amide bonds. The van der Waals surface area contributed by atoms with E-state index in [1.807, 2.05) is 55.5 Å². The predicted octanol–water partition coefficient (Wildman–Crippen LogP) is 4.78. The van der Waals surface area contributed by atoms with Gasteiger partial charge in [-0.25, -0.2) is 8.42 Å². The Labute approximate surface area is 257 Å². The quantitative estimate of drug-likeness (QED) is 0.233. The standard InChI is InChI=1S/C29H29BrN6O4S2/c1-20-5-4-6-23(17-20)32-27(37)19-41-29-34-33-26(36(29)24-11-9-22(30)10-12-24)18-31-28(38)21-7-13-25(14-8-21)42(39,40)35-15-2-3-16-35/h4-14,17H,2-3,15-16,18-19H2,1H3,(H,31,38)(H,32,37). The van der Waals surface area contributed by atoms with Crippen LogP contribution in [0.1, 0.15) is 34.6 Å². The van der Waals surface area contributed by atoms with Crippen molar-refractivity contribution < 1.29 is 18.0 Å². The summed E-state index contributed by atoms with van der Waals surface area (Å²) >= 11 is 4.68. The number of hydrogen-bond donors (Lipinski definition) is 2. The van der Waals surface area contributed by atoms with Crippen molar-refractivity contribution in [1.82, 2.24) is 24.4 Å². The molecule has 1 fully saturated rings. The Morgan fingerprint density at radius 3 is 2.38 bits per heavy atom. The lowest BCUT2D eigenvalue weighted by Gasteiger charge is -2.15. The number of hydrogen-bond acceptors (Lipinski definition) is 7. The van der Waals surface area contributed by atoms with Crippen LogP contribution < -0.4 is 10.6 Å². The zero-order valence-corrected chi connectivity index (χ0v) is 26.0. The lowest BCUT2D eigenvalue weighted by atomic mass is 10.2. The largest absolute Gasteiger partial charge is 0.345 e. The summed E-state index contributed by atoms with van der Waals surface area (Å²) in [7, 11) is -3.56. The molecular formula is C29H29BrN6O4S2. The van der Waals surface area contributed by atoms with Crippen LogP contribution in [0.25, 0.3) is 5.69 Å². The van der Waals surface area contributed by atoms with Gasteiger partial charge in [0.05, 0.1) is 17.2 Å². The smallest absolute Gasteiger partial charge is 0.251 e. The van der Waals surface area contributed by atoms with Crippen LogP contribution in [0, 0.1) is 6.92 Å². The van der Waals surface area contributed by atoms with Crippen LogP contribution in [0.15, 0.2) is 87.3 Å². The fourth-order valence-electron chi connectivity index (χ4n) is 4.52. The van der Waals surface area contributed by atoms with Crippen LogP contribution >= 0.6 is 27.7 Å². The minimum Gasteiger partial charge on any atom is -0.345 e. The number of benzene rings is 3. The zero-order valence-electron chi connectivity index (χ0n) is 22.8. The fourth-order valence-corrected chi connectivity index (χ4v) is 7.08. The van der Waals surface area contributed by atoms with Gasteiger partial charge in [-0.2, -0.15) is 4.31 Å². The van der Waals surface area contributed by atoms with Crippen molar-refractivity contribution in [3.63, 3.8) is 0 Å². The number of carbonyl (C=O) groups excluding carboxylic acids is 2. The van der Waals surface area contributed by atoms with E-state index in [0.29, 0.717) is 29.6 Å². The second-order valence-corrected chi connectivity index (χ2v) is 13.5. The zero-order chi connectivity index (χ0) is 29.7. The van der Waals surface area contributed by atoms with E-state index in [1.165, 1.54) is 40.3 Å². The average molecular weight is 670 g/mol. The second-order valence-electron chi connectivity index (χ2n) is 9.74. The molecule has 5 rings (SSSR count). The van der Waals surface area contributed by atoms with Gasteiger partial charge in [-0.3, -0.25) is 14.2 Å². The van der Waals surface area contributed by atoms with Gasteiger partial charge in [0.1, 0.15) is 0 Å². The summed E-state index contributed by atoms with van der Waals surface area (Å²) in [4.78, 5) is 25.8. The molecule has 0 unspecified atom stereocenters. The molecule has 13 heteroatoms. The highest BCUT2D eigenvalue weighted by Gasteiger charge is 2.27. The van der Waals surface area contributed by atoms with Gasteiger partial charge in [-0.15, -0.1) is 10.2 Å². The molecule has 1 aromatic heterocycles. The molecule has 0 aliphatic carbocycles. The Morgan fingerprint density at radius 2 is 1.69 bits per heavy atom. The normalized spacial score (nSPS) is 13.7. The first-order valence-corrected chi connectivity index (χ1v) is 16.5. The number of sulfonamides is 1. The minimum absolute atomic E-state index is 0.0613. The summed E-state index contributed by atoms with van der Waals surface area (Å²) in [6, 6.07) is 21.0. The first-order chi connectivity index (χ1) is 20.2. The number of carbonyl (C=O) groups is 2. The minimum atomic E-state index is -3.56. The number of anilines is 1. The monoisotopic (exact) mass is 668 g/mol. The number of amides is 2. The maximum atomic E-state index is 13.0. The molecule has 0 radical (unpaired) electrons. The van der Waals surface area contributed by atoms with Gasteiger partial charge < -0.3 is 10.6 Å². The summed E-state index contributed by atoms with van der Waals surface area (Å²) in [5, 5.41) is 14.8. The Kier molecular flexibility index (Phi) is 9.41. The van der Waals surface area contributed by atoms with Crippen LogP contribution in [-0.2, 0) is 21.4 Å². The number of halogens is 1.